The number of nitrogens with zero attached hydrogens (tertiary/aromatic N) is 1. The molecule has 12 heteroatoms. The quantitative estimate of drug-likeness (QED) is 0.203. The third kappa shape index (κ3) is 6.08. The second-order valence-corrected chi connectivity index (χ2v) is 8.02. The molecule has 0 aromatic heterocycles. The SMILES string of the molecule is COC(C)Nc1ccc(-c2ccc(O)c(C(=N)C(=O)Nc3ccc(C#N)cc3C(=O)O)c2)c(C(F)(F)F)c1. The number of alkyl halides is 3. The highest BCUT2D eigenvalue weighted by Gasteiger charge is 2.34. The van der Waals surface area contributed by atoms with Gasteiger partial charge in [-0.1, -0.05) is 12.1 Å². The van der Waals surface area contributed by atoms with Gasteiger partial charge in [0.2, 0.25) is 0 Å². The maximum atomic E-state index is 13.9. The number of halogens is 3. The number of carboxylic acid groups (broad SMARTS) is 1. The molecule has 5 N–H and O–H groups in total. The number of nitrogens with one attached hydrogen (secondary N) is 3. The summed E-state index contributed by atoms with van der Waals surface area (Å²) < 4.78 is 46.8. The number of carboxylic acids is 1. The molecule has 0 aliphatic rings. The van der Waals surface area contributed by atoms with Crippen LogP contribution in [-0.4, -0.2) is 41.1 Å². The van der Waals surface area contributed by atoms with E-state index in [1.165, 1.54) is 37.4 Å². The number of methoxy groups -OCH3 is 1. The number of phenolic OH excluding ortho intramolecular Hbond substituents is 1. The van der Waals surface area contributed by atoms with Gasteiger partial charge in [-0.25, -0.2) is 4.79 Å². The first-order valence-corrected chi connectivity index (χ1v) is 10.9. The average molecular weight is 526 g/mol. The predicted molar refractivity (Wildman–Crippen MR) is 132 cm³/mol. The first-order chi connectivity index (χ1) is 17.8. The van der Waals surface area contributed by atoms with Crippen LogP contribution in [0.15, 0.2) is 54.6 Å². The lowest BCUT2D eigenvalue weighted by Crippen LogP contribution is -2.24. The summed E-state index contributed by atoms with van der Waals surface area (Å²) in [5.41, 5.74) is -2.94. The number of benzene rings is 3. The van der Waals surface area contributed by atoms with Crippen LogP contribution < -0.4 is 10.6 Å². The van der Waals surface area contributed by atoms with Crippen molar-refractivity contribution in [3.63, 3.8) is 0 Å². The Kier molecular flexibility index (Phi) is 8.03. The molecule has 0 spiro atoms. The van der Waals surface area contributed by atoms with E-state index in [9.17, 15) is 33.0 Å². The van der Waals surface area contributed by atoms with E-state index in [1.54, 1.807) is 13.0 Å². The maximum absolute atomic E-state index is 13.9. The molecule has 3 aromatic carbocycles. The number of carbonyl (C=O) groups excluding carboxylic acids is 1. The van der Waals surface area contributed by atoms with Gasteiger partial charge in [-0.15, -0.1) is 0 Å². The summed E-state index contributed by atoms with van der Waals surface area (Å²) in [4.78, 5) is 24.3. The van der Waals surface area contributed by atoms with E-state index < -0.39 is 46.9 Å². The maximum Gasteiger partial charge on any atom is 0.417 e. The highest BCUT2D eigenvalue weighted by atomic mass is 19.4. The predicted octanol–water partition coefficient (Wildman–Crippen LogP) is 5.06. The lowest BCUT2D eigenvalue weighted by Gasteiger charge is -2.18. The first kappa shape index (κ1) is 27.7. The van der Waals surface area contributed by atoms with Crippen LogP contribution in [-0.2, 0) is 15.7 Å². The summed E-state index contributed by atoms with van der Waals surface area (Å²) in [5, 5.41) is 41.9. The topological polar surface area (TPSA) is 156 Å². The Morgan fingerprint density at radius 3 is 2.39 bits per heavy atom. The minimum Gasteiger partial charge on any atom is -0.507 e. The smallest absolute Gasteiger partial charge is 0.417 e. The van der Waals surface area contributed by atoms with Crippen LogP contribution in [0.1, 0.15) is 34.0 Å². The Morgan fingerprint density at radius 1 is 1.08 bits per heavy atom. The average Bonchev–Trinajstić information content (AvgIpc) is 2.88. The lowest BCUT2D eigenvalue weighted by atomic mass is 9.95. The van der Waals surface area contributed by atoms with Crippen LogP contribution in [0.25, 0.3) is 11.1 Å². The molecule has 9 nitrogen and oxygen atoms in total. The summed E-state index contributed by atoms with van der Waals surface area (Å²) in [6, 6.07) is 12.1. The number of amides is 1. The van der Waals surface area contributed by atoms with Gasteiger partial charge in [-0.05, 0) is 60.5 Å². The van der Waals surface area contributed by atoms with Gasteiger partial charge in [0, 0.05) is 18.4 Å². The molecule has 0 bridgehead atoms. The summed E-state index contributed by atoms with van der Waals surface area (Å²) in [6.45, 7) is 1.61. The van der Waals surface area contributed by atoms with E-state index in [0.29, 0.717) is 0 Å². The van der Waals surface area contributed by atoms with E-state index >= 15 is 0 Å². The van der Waals surface area contributed by atoms with E-state index in [4.69, 9.17) is 15.4 Å². The summed E-state index contributed by atoms with van der Waals surface area (Å²) in [5.74, 6) is -3.12. The second kappa shape index (κ2) is 11.0. The van der Waals surface area contributed by atoms with Crippen molar-refractivity contribution in [3.8, 4) is 22.9 Å². The van der Waals surface area contributed by atoms with Crippen LogP contribution in [0.2, 0.25) is 0 Å². The van der Waals surface area contributed by atoms with Gasteiger partial charge in [0.05, 0.1) is 28.4 Å². The summed E-state index contributed by atoms with van der Waals surface area (Å²) >= 11 is 0. The Hall–Kier alpha value is -4.89. The van der Waals surface area contributed by atoms with Gasteiger partial charge in [0.25, 0.3) is 5.91 Å². The molecule has 1 unspecified atom stereocenters. The monoisotopic (exact) mass is 526 g/mol. The molecule has 3 rings (SSSR count). The fraction of sp³-hybridized carbons (Fsp3) is 0.154. The Bertz CT molecular complexity index is 1460. The zero-order valence-electron chi connectivity index (χ0n) is 20.0. The van der Waals surface area contributed by atoms with Gasteiger partial charge >= 0.3 is 12.1 Å². The molecule has 0 saturated carbocycles. The minimum absolute atomic E-state index is 0.0270. The summed E-state index contributed by atoms with van der Waals surface area (Å²) in [7, 11) is 1.39. The van der Waals surface area contributed by atoms with Crippen molar-refractivity contribution < 1.29 is 37.7 Å². The fourth-order valence-corrected chi connectivity index (χ4v) is 3.52. The van der Waals surface area contributed by atoms with Crippen LogP contribution in [0.5, 0.6) is 5.75 Å². The Labute approximate surface area is 214 Å². The highest BCUT2D eigenvalue weighted by Crippen LogP contribution is 2.40. The van der Waals surface area contributed by atoms with Gasteiger partial charge in [0.1, 0.15) is 17.7 Å². The molecule has 1 amide bonds. The molecule has 1 atom stereocenters. The van der Waals surface area contributed by atoms with Gasteiger partial charge in [0.15, 0.2) is 0 Å². The molecule has 0 saturated heterocycles. The Balaban J connectivity index is 1.99. The fourth-order valence-electron chi connectivity index (χ4n) is 3.52. The number of anilines is 2. The number of hydrogen-bond acceptors (Lipinski definition) is 7. The van der Waals surface area contributed by atoms with Crippen molar-refractivity contribution in [2.24, 2.45) is 0 Å². The van der Waals surface area contributed by atoms with Crippen molar-refractivity contribution in [2.45, 2.75) is 19.3 Å². The first-order valence-electron chi connectivity index (χ1n) is 10.9. The molecule has 3 aromatic rings. The molecule has 38 heavy (non-hydrogen) atoms. The lowest BCUT2D eigenvalue weighted by molar-refractivity contribution is -0.137. The second-order valence-electron chi connectivity index (χ2n) is 8.02. The number of rotatable bonds is 8. The molecule has 0 heterocycles. The molecular formula is C26H21F3N4O5. The molecule has 0 fully saturated rings. The van der Waals surface area contributed by atoms with E-state index in [0.717, 1.165) is 24.3 Å². The van der Waals surface area contributed by atoms with Crippen molar-refractivity contribution in [2.75, 3.05) is 17.7 Å². The van der Waals surface area contributed by atoms with Crippen LogP contribution in [0.4, 0.5) is 24.5 Å². The Morgan fingerprint density at radius 2 is 1.79 bits per heavy atom. The third-order valence-corrected chi connectivity index (χ3v) is 5.48. The zero-order valence-corrected chi connectivity index (χ0v) is 20.0. The molecular weight excluding hydrogens is 505 g/mol. The van der Waals surface area contributed by atoms with Crippen LogP contribution >= 0.6 is 0 Å². The molecule has 196 valence electrons. The number of aromatic hydroxyl groups is 1. The number of ether oxygens (including phenoxy) is 1. The molecule has 0 aliphatic heterocycles. The summed E-state index contributed by atoms with van der Waals surface area (Å²) in [6.07, 6.45) is -5.31. The molecule has 0 aliphatic carbocycles. The highest BCUT2D eigenvalue weighted by molar-refractivity contribution is 6.48. The van der Waals surface area contributed by atoms with Gasteiger partial charge in [-0.2, -0.15) is 18.4 Å². The van der Waals surface area contributed by atoms with Gasteiger partial charge in [-0.3, -0.25) is 10.2 Å². The molecule has 0 radical (unpaired) electrons. The van der Waals surface area contributed by atoms with Crippen molar-refractivity contribution >= 4 is 29.0 Å². The largest absolute Gasteiger partial charge is 0.507 e. The van der Waals surface area contributed by atoms with E-state index in [-0.39, 0.29) is 33.6 Å². The van der Waals surface area contributed by atoms with E-state index in [1.807, 2.05) is 0 Å². The number of nitriles is 1. The van der Waals surface area contributed by atoms with Gasteiger partial charge < -0.3 is 25.6 Å². The van der Waals surface area contributed by atoms with Crippen molar-refractivity contribution in [1.29, 1.82) is 10.7 Å². The number of hydrogen-bond donors (Lipinski definition) is 5. The standard InChI is InChI=1S/C26H21F3N4O5/c1-13(38-2)32-16-5-6-17(20(11-16)26(27,28)29)15-4-8-22(34)19(10-15)23(31)24(35)33-21-7-3-14(12-30)9-18(21)25(36)37/h3-11,13,31-32,34H,1-2H3,(H,33,35)(H,36,37). The third-order valence-electron chi connectivity index (χ3n) is 5.48. The number of phenols is 1. The van der Waals surface area contributed by atoms with E-state index in [2.05, 4.69) is 10.6 Å². The minimum atomic E-state index is -4.75. The number of carbonyl (C=O) groups is 2. The zero-order chi connectivity index (χ0) is 28.2. The number of aromatic carboxylic acids is 1. The normalized spacial score (nSPS) is 11.8. The van der Waals surface area contributed by atoms with Crippen molar-refractivity contribution in [3.05, 3.63) is 76.9 Å². The van der Waals surface area contributed by atoms with Crippen LogP contribution in [0.3, 0.4) is 0 Å². The van der Waals surface area contributed by atoms with Crippen LogP contribution in [0, 0.1) is 16.7 Å². The van der Waals surface area contributed by atoms with Crippen molar-refractivity contribution in [1.82, 2.24) is 0 Å².